The number of piperidine rings is 1. The van der Waals surface area contributed by atoms with Crippen molar-refractivity contribution >= 4 is 11.7 Å². The number of hydrogen-bond donors (Lipinski definition) is 2. The molecular formula is C19H29N3O3. The van der Waals surface area contributed by atoms with Crippen LogP contribution in [0.5, 0.6) is 5.75 Å². The third-order valence-corrected chi connectivity index (χ3v) is 5.36. The largest absolute Gasteiger partial charge is 0.496 e. The van der Waals surface area contributed by atoms with Gasteiger partial charge in [0.2, 0.25) is 0 Å². The Hall–Kier alpha value is -1.79. The number of ether oxygens (including phenoxy) is 1. The van der Waals surface area contributed by atoms with Crippen LogP contribution in [0, 0.1) is 6.92 Å². The Kier molecular flexibility index (Phi) is 5.49. The van der Waals surface area contributed by atoms with Crippen LogP contribution in [0.2, 0.25) is 0 Å². The van der Waals surface area contributed by atoms with Gasteiger partial charge in [0.15, 0.2) is 0 Å². The standard InChI is InChI=1S/C19H29N3O3/c1-15-5-6-16(13-17(15)25-2)20-18(23)22-11-7-19(24,8-12-22)14-21-9-3-4-10-21/h5-6,13,24H,3-4,7-12,14H2,1-2H3,(H,20,23). The minimum absolute atomic E-state index is 0.117. The maximum Gasteiger partial charge on any atom is 0.321 e. The summed E-state index contributed by atoms with van der Waals surface area (Å²) in [5, 5.41) is 13.7. The fourth-order valence-electron chi connectivity index (χ4n) is 3.74. The maximum absolute atomic E-state index is 12.5. The van der Waals surface area contributed by atoms with Crippen molar-refractivity contribution in [2.75, 3.05) is 45.2 Å². The lowest BCUT2D eigenvalue weighted by Gasteiger charge is -2.40. The molecule has 0 unspecified atom stereocenters. The van der Waals surface area contributed by atoms with Crippen LogP contribution in [-0.2, 0) is 0 Å². The summed E-state index contributed by atoms with van der Waals surface area (Å²) in [5.41, 5.74) is 1.10. The Morgan fingerprint density at radius 2 is 1.92 bits per heavy atom. The quantitative estimate of drug-likeness (QED) is 0.878. The smallest absolute Gasteiger partial charge is 0.321 e. The van der Waals surface area contributed by atoms with Crippen LogP contribution >= 0.6 is 0 Å². The van der Waals surface area contributed by atoms with Gasteiger partial charge in [0.05, 0.1) is 12.7 Å². The average molecular weight is 347 g/mol. The van der Waals surface area contributed by atoms with Gasteiger partial charge in [0, 0.05) is 31.4 Å². The molecule has 2 aliphatic rings. The number of β-amino-alcohol motifs (C(OH)–C–C–N with tert-alkyl or cyclic N) is 1. The summed E-state index contributed by atoms with van der Waals surface area (Å²) in [6.07, 6.45) is 3.72. The van der Waals surface area contributed by atoms with Gasteiger partial charge in [-0.3, -0.25) is 0 Å². The monoisotopic (exact) mass is 347 g/mol. The van der Waals surface area contributed by atoms with E-state index in [0.29, 0.717) is 25.9 Å². The minimum atomic E-state index is -0.659. The van der Waals surface area contributed by atoms with Crippen molar-refractivity contribution in [3.63, 3.8) is 0 Å². The third kappa shape index (κ3) is 4.44. The molecule has 1 aromatic rings. The molecule has 0 radical (unpaired) electrons. The van der Waals surface area contributed by atoms with Crippen LogP contribution in [-0.4, -0.2) is 66.4 Å². The second-order valence-electron chi connectivity index (χ2n) is 7.31. The summed E-state index contributed by atoms with van der Waals surface area (Å²) in [7, 11) is 1.62. The van der Waals surface area contributed by atoms with E-state index < -0.39 is 5.60 Å². The van der Waals surface area contributed by atoms with Crippen molar-refractivity contribution in [1.82, 2.24) is 9.80 Å². The zero-order valence-electron chi connectivity index (χ0n) is 15.3. The highest BCUT2D eigenvalue weighted by molar-refractivity contribution is 5.89. The normalized spacial score (nSPS) is 20.5. The number of carbonyl (C=O) groups excluding carboxylic acids is 1. The highest BCUT2D eigenvalue weighted by atomic mass is 16.5. The molecule has 2 amide bonds. The summed E-state index contributed by atoms with van der Waals surface area (Å²) in [6.45, 7) is 6.04. The van der Waals surface area contributed by atoms with Gasteiger partial charge in [-0.25, -0.2) is 4.79 Å². The molecule has 2 fully saturated rings. The number of anilines is 1. The molecule has 0 aliphatic carbocycles. The van der Waals surface area contributed by atoms with Gasteiger partial charge in [0.1, 0.15) is 5.75 Å². The zero-order chi connectivity index (χ0) is 17.9. The zero-order valence-corrected chi connectivity index (χ0v) is 15.3. The molecule has 0 spiro atoms. The van der Waals surface area contributed by atoms with Gasteiger partial charge in [0.25, 0.3) is 0 Å². The fourth-order valence-corrected chi connectivity index (χ4v) is 3.74. The number of aryl methyl sites for hydroxylation is 1. The summed E-state index contributed by atoms with van der Waals surface area (Å²) in [5.74, 6) is 0.761. The Labute approximate surface area is 149 Å². The molecular weight excluding hydrogens is 318 g/mol. The molecule has 2 heterocycles. The number of amides is 2. The number of nitrogens with one attached hydrogen (secondary N) is 1. The predicted molar refractivity (Wildman–Crippen MR) is 98.2 cm³/mol. The van der Waals surface area contributed by atoms with E-state index in [2.05, 4.69) is 10.2 Å². The predicted octanol–water partition coefficient (Wildman–Crippen LogP) is 2.46. The van der Waals surface area contributed by atoms with Crippen LogP contribution < -0.4 is 10.1 Å². The number of hydrogen-bond acceptors (Lipinski definition) is 4. The van der Waals surface area contributed by atoms with Gasteiger partial charge in [-0.15, -0.1) is 0 Å². The van der Waals surface area contributed by atoms with Crippen molar-refractivity contribution in [1.29, 1.82) is 0 Å². The summed E-state index contributed by atoms with van der Waals surface area (Å²) in [4.78, 5) is 16.6. The molecule has 0 saturated carbocycles. The Bertz CT molecular complexity index is 606. The average Bonchev–Trinajstić information content (AvgIpc) is 3.09. The Morgan fingerprint density at radius 1 is 1.24 bits per heavy atom. The number of methoxy groups -OCH3 is 1. The van der Waals surface area contributed by atoms with E-state index in [1.165, 1.54) is 12.8 Å². The van der Waals surface area contributed by atoms with E-state index >= 15 is 0 Å². The summed E-state index contributed by atoms with van der Waals surface area (Å²) >= 11 is 0. The maximum atomic E-state index is 12.5. The first kappa shape index (κ1) is 18.0. The lowest BCUT2D eigenvalue weighted by molar-refractivity contribution is -0.0331. The number of likely N-dealkylation sites (tertiary alicyclic amines) is 2. The first-order valence-electron chi connectivity index (χ1n) is 9.14. The second kappa shape index (κ2) is 7.62. The van der Waals surface area contributed by atoms with Crippen molar-refractivity contribution in [3.8, 4) is 5.75 Å². The van der Waals surface area contributed by atoms with E-state index in [1.54, 1.807) is 12.0 Å². The topological polar surface area (TPSA) is 65.0 Å². The van der Waals surface area contributed by atoms with Crippen LogP contribution in [0.4, 0.5) is 10.5 Å². The summed E-state index contributed by atoms with van der Waals surface area (Å²) < 4.78 is 5.30. The van der Waals surface area contributed by atoms with Crippen molar-refractivity contribution < 1.29 is 14.6 Å². The first-order valence-corrected chi connectivity index (χ1v) is 9.14. The van der Waals surface area contributed by atoms with Crippen molar-refractivity contribution in [2.45, 2.75) is 38.2 Å². The SMILES string of the molecule is COc1cc(NC(=O)N2CCC(O)(CN3CCCC3)CC2)ccc1C. The van der Waals surface area contributed by atoms with Gasteiger partial charge in [-0.05, 0) is 57.3 Å². The molecule has 1 aromatic carbocycles. The van der Waals surface area contributed by atoms with E-state index in [0.717, 1.165) is 36.6 Å². The highest BCUT2D eigenvalue weighted by Crippen LogP contribution is 2.26. The molecule has 3 rings (SSSR count). The summed E-state index contributed by atoms with van der Waals surface area (Å²) in [6, 6.07) is 5.53. The van der Waals surface area contributed by atoms with E-state index in [4.69, 9.17) is 4.74 Å². The number of urea groups is 1. The lowest BCUT2D eigenvalue weighted by Crippen LogP contribution is -2.52. The van der Waals surface area contributed by atoms with Crippen molar-refractivity contribution in [2.24, 2.45) is 0 Å². The number of rotatable bonds is 4. The van der Waals surface area contributed by atoms with E-state index in [-0.39, 0.29) is 6.03 Å². The first-order chi connectivity index (χ1) is 12.0. The van der Waals surface area contributed by atoms with Crippen molar-refractivity contribution in [3.05, 3.63) is 23.8 Å². The van der Waals surface area contributed by atoms with Gasteiger partial charge >= 0.3 is 6.03 Å². The molecule has 6 heteroatoms. The van der Waals surface area contributed by atoms with Gasteiger partial charge in [-0.1, -0.05) is 6.07 Å². The van der Waals surface area contributed by atoms with Gasteiger partial charge < -0.3 is 25.0 Å². The number of carbonyl (C=O) groups is 1. The third-order valence-electron chi connectivity index (χ3n) is 5.36. The molecule has 138 valence electrons. The number of nitrogens with zero attached hydrogens (tertiary/aromatic N) is 2. The molecule has 2 N–H and O–H groups in total. The van der Waals surface area contributed by atoms with Crippen LogP contribution in [0.1, 0.15) is 31.2 Å². The highest BCUT2D eigenvalue weighted by Gasteiger charge is 2.36. The molecule has 6 nitrogen and oxygen atoms in total. The van der Waals surface area contributed by atoms with Crippen LogP contribution in [0.25, 0.3) is 0 Å². The molecule has 2 aliphatic heterocycles. The Balaban J connectivity index is 1.52. The van der Waals surface area contributed by atoms with Gasteiger partial charge in [-0.2, -0.15) is 0 Å². The number of benzene rings is 1. The number of aliphatic hydroxyl groups is 1. The lowest BCUT2D eigenvalue weighted by atomic mass is 9.91. The molecule has 0 bridgehead atoms. The molecule has 0 aromatic heterocycles. The van der Waals surface area contributed by atoms with E-state index in [1.807, 2.05) is 25.1 Å². The molecule has 0 atom stereocenters. The van der Waals surface area contributed by atoms with E-state index in [9.17, 15) is 9.90 Å². The fraction of sp³-hybridized carbons (Fsp3) is 0.632. The minimum Gasteiger partial charge on any atom is -0.496 e. The van der Waals surface area contributed by atoms with Crippen LogP contribution in [0.3, 0.4) is 0 Å². The Morgan fingerprint density at radius 3 is 2.56 bits per heavy atom. The van der Waals surface area contributed by atoms with Crippen LogP contribution in [0.15, 0.2) is 18.2 Å². The molecule has 25 heavy (non-hydrogen) atoms. The molecule has 2 saturated heterocycles. The second-order valence-corrected chi connectivity index (χ2v) is 7.31.